The van der Waals surface area contributed by atoms with Crippen LogP contribution in [0.2, 0.25) is 0 Å². The lowest BCUT2D eigenvalue weighted by Gasteiger charge is -2.27. The molecule has 8 heteroatoms. The second kappa shape index (κ2) is 5.89. The van der Waals surface area contributed by atoms with Crippen molar-refractivity contribution >= 4 is 12.0 Å². The fourth-order valence-corrected chi connectivity index (χ4v) is 2.51. The van der Waals surface area contributed by atoms with Gasteiger partial charge in [-0.2, -0.15) is 5.10 Å². The molecule has 0 spiro atoms. The largest absolute Gasteiger partial charge is 0.481 e. The number of nitrogens with zero attached hydrogens (tertiary/aromatic N) is 2. The molecule has 0 radical (unpaired) electrons. The summed E-state index contributed by atoms with van der Waals surface area (Å²) in [6.07, 6.45) is 4.05. The lowest BCUT2D eigenvalue weighted by Crippen LogP contribution is -2.50. The summed E-state index contributed by atoms with van der Waals surface area (Å²) in [5.41, 5.74) is -0.873. The number of urea groups is 1. The summed E-state index contributed by atoms with van der Waals surface area (Å²) in [5.74, 6) is -0.163. The van der Waals surface area contributed by atoms with Gasteiger partial charge in [-0.1, -0.05) is 6.42 Å². The first-order valence-corrected chi connectivity index (χ1v) is 6.64. The van der Waals surface area contributed by atoms with E-state index in [1.165, 1.54) is 6.33 Å². The van der Waals surface area contributed by atoms with Gasteiger partial charge in [0.15, 0.2) is 0 Å². The number of hydrogen-bond acceptors (Lipinski definition) is 4. The molecule has 2 unspecified atom stereocenters. The van der Waals surface area contributed by atoms with Crippen LogP contribution in [0.3, 0.4) is 0 Å². The standard InChI is InChI=1S/C12H19N5O3/c1-12(10(18)19)5-2-3-8(12)16-11(20)13-6-4-9-14-7-15-17-9/h7-8H,2-6H2,1H3,(H,18,19)(H2,13,16,20)(H,14,15,17). The molecule has 1 aliphatic rings. The van der Waals surface area contributed by atoms with Crippen molar-refractivity contribution in [2.45, 2.75) is 38.6 Å². The highest BCUT2D eigenvalue weighted by molar-refractivity contribution is 5.79. The molecule has 2 rings (SSSR count). The minimum atomic E-state index is -0.873. The van der Waals surface area contributed by atoms with E-state index >= 15 is 0 Å². The van der Waals surface area contributed by atoms with E-state index in [9.17, 15) is 14.7 Å². The van der Waals surface area contributed by atoms with Crippen molar-refractivity contribution < 1.29 is 14.7 Å². The summed E-state index contributed by atoms with van der Waals surface area (Å²) >= 11 is 0. The number of carbonyl (C=O) groups excluding carboxylic acids is 1. The van der Waals surface area contributed by atoms with Crippen molar-refractivity contribution in [3.05, 3.63) is 12.2 Å². The van der Waals surface area contributed by atoms with Crippen LogP contribution in [0.5, 0.6) is 0 Å². The van der Waals surface area contributed by atoms with Gasteiger partial charge in [-0.15, -0.1) is 0 Å². The molecule has 4 N–H and O–H groups in total. The Hall–Kier alpha value is -2.12. The zero-order chi connectivity index (χ0) is 14.6. The lowest BCUT2D eigenvalue weighted by molar-refractivity contribution is -0.148. The Morgan fingerprint density at radius 1 is 1.60 bits per heavy atom. The van der Waals surface area contributed by atoms with E-state index in [2.05, 4.69) is 25.8 Å². The van der Waals surface area contributed by atoms with Crippen molar-refractivity contribution in [2.24, 2.45) is 5.41 Å². The third-order valence-electron chi connectivity index (χ3n) is 3.86. The van der Waals surface area contributed by atoms with E-state index in [0.29, 0.717) is 31.6 Å². The van der Waals surface area contributed by atoms with Crippen LogP contribution in [0, 0.1) is 5.41 Å². The number of nitrogens with one attached hydrogen (secondary N) is 3. The summed E-state index contributed by atoms with van der Waals surface area (Å²) < 4.78 is 0. The van der Waals surface area contributed by atoms with E-state index in [1.54, 1.807) is 6.92 Å². The average molecular weight is 281 g/mol. The third-order valence-corrected chi connectivity index (χ3v) is 3.86. The number of H-pyrrole nitrogens is 1. The molecule has 1 aromatic heterocycles. The first-order valence-electron chi connectivity index (χ1n) is 6.64. The van der Waals surface area contributed by atoms with Gasteiger partial charge >= 0.3 is 12.0 Å². The highest BCUT2D eigenvalue weighted by Gasteiger charge is 2.45. The van der Waals surface area contributed by atoms with Crippen LogP contribution in [0.4, 0.5) is 4.79 Å². The molecule has 1 aliphatic carbocycles. The molecule has 8 nitrogen and oxygen atoms in total. The lowest BCUT2D eigenvalue weighted by atomic mass is 9.85. The van der Waals surface area contributed by atoms with Crippen LogP contribution in [0.25, 0.3) is 0 Å². The molecule has 110 valence electrons. The first-order chi connectivity index (χ1) is 9.52. The molecule has 1 saturated carbocycles. The van der Waals surface area contributed by atoms with Crippen molar-refractivity contribution in [1.29, 1.82) is 0 Å². The van der Waals surface area contributed by atoms with Crippen LogP contribution >= 0.6 is 0 Å². The molecular weight excluding hydrogens is 262 g/mol. The fourth-order valence-electron chi connectivity index (χ4n) is 2.51. The quantitative estimate of drug-likeness (QED) is 0.618. The number of carboxylic acid groups (broad SMARTS) is 1. The summed E-state index contributed by atoms with van der Waals surface area (Å²) in [7, 11) is 0. The number of aromatic amines is 1. The summed E-state index contributed by atoms with van der Waals surface area (Å²) in [6.45, 7) is 2.10. The summed E-state index contributed by atoms with van der Waals surface area (Å²) in [5, 5.41) is 21.1. The molecule has 2 amide bonds. The number of carbonyl (C=O) groups is 2. The van der Waals surface area contributed by atoms with Crippen LogP contribution in [0.15, 0.2) is 6.33 Å². The normalized spacial score (nSPS) is 25.4. The van der Waals surface area contributed by atoms with Crippen LogP contribution in [-0.2, 0) is 11.2 Å². The number of amides is 2. The van der Waals surface area contributed by atoms with E-state index in [0.717, 1.165) is 6.42 Å². The first kappa shape index (κ1) is 14.3. The zero-order valence-electron chi connectivity index (χ0n) is 11.3. The number of hydrogen-bond donors (Lipinski definition) is 4. The Morgan fingerprint density at radius 3 is 3.05 bits per heavy atom. The number of aromatic nitrogens is 3. The topological polar surface area (TPSA) is 120 Å². The maximum absolute atomic E-state index is 11.8. The second-order valence-electron chi connectivity index (χ2n) is 5.25. The minimum absolute atomic E-state index is 0.328. The van der Waals surface area contributed by atoms with Crippen LogP contribution < -0.4 is 10.6 Å². The molecular formula is C12H19N5O3. The van der Waals surface area contributed by atoms with E-state index in [1.807, 2.05) is 0 Å². The van der Waals surface area contributed by atoms with Gasteiger partial charge < -0.3 is 15.7 Å². The van der Waals surface area contributed by atoms with E-state index in [-0.39, 0.29) is 12.1 Å². The smallest absolute Gasteiger partial charge is 0.315 e. The molecule has 0 aliphatic heterocycles. The molecule has 1 heterocycles. The van der Waals surface area contributed by atoms with Crippen molar-refractivity contribution in [3.63, 3.8) is 0 Å². The van der Waals surface area contributed by atoms with Gasteiger partial charge in [-0.3, -0.25) is 9.89 Å². The van der Waals surface area contributed by atoms with Crippen LogP contribution in [0.1, 0.15) is 32.0 Å². The van der Waals surface area contributed by atoms with Gasteiger partial charge in [0.2, 0.25) is 0 Å². The maximum atomic E-state index is 11.8. The molecule has 1 aromatic rings. The molecule has 0 aromatic carbocycles. The van der Waals surface area contributed by atoms with E-state index < -0.39 is 11.4 Å². The monoisotopic (exact) mass is 281 g/mol. The number of carboxylic acids is 1. The van der Waals surface area contributed by atoms with Gasteiger partial charge in [0.05, 0.1) is 5.41 Å². The van der Waals surface area contributed by atoms with Gasteiger partial charge in [0, 0.05) is 19.0 Å². The Bertz CT molecular complexity index is 475. The Kier molecular flexibility index (Phi) is 4.21. The highest BCUT2D eigenvalue weighted by Crippen LogP contribution is 2.38. The average Bonchev–Trinajstić information content (AvgIpc) is 3.01. The minimum Gasteiger partial charge on any atom is -0.481 e. The molecule has 0 bridgehead atoms. The Labute approximate surface area is 116 Å². The number of rotatable bonds is 5. The summed E-state index contributed by atoms with van der Waals surface area (Å²) in [4.78, 5) is 27.0. The Balaban J connectivity index is 1.78. The van der Waals surface area contributed by atoms with Gasteiger partial charge in [0.1, 0.15) is 12.2 Å². The molecule has 2 atom stereocenters. The van der Waals surface area contributed by atoms with Crippen LogP contribution in [-0.4, -0.2) is 44.9 Å². The zero-order valence-corrected chi connectivity index (χ0v) is 11.3. The van der Waals surface area contributed by atoms with E-state index in [4.69, 9.17) is 0 Å². The molecule has 1 fully saturated rings. The predicted molar refractivity (Wildman–Crippen MR) is 70.0 cm³/mol. The predicted octanol–water partition coefficient (Wildman–Crippen LogP) is 0.290. The molecule has 0 saturated heterocycles. The third kappa shape index (κ3) is 3.06. The van der Waals surface area contributed by atoms with Gasteiger partial charge in [0.25, 0.3) is 0 Å². The fraction of sp³-hybridized carbons (Fsp3) is 0.667. The van der Waals surface area contributed by atoms with Gasteiger partial charge in [-0.05, 0) is 19.8 Å². The van der Waals surface area contributed by atoms with Crippen molar-refractivity contribution in [3.8, 4) is 0 Å². The second-order valence-corrected chi connectivity index (χ2v) is 5.25. The SMILES string of the molecule is CC1(C(=O)O)CCCC1NC(=O)NCCc1ncn[nH]1. The highest BCUT2D eigenvalue weighted by atomic mass is 16.4. The maximum Gasteiger partial charge on any atom is 0.315 e. The van der Waals surface area contributed by atoms with Gasteiger partial charge in [-0.25, -0.2) is 9.78 Å². The Morgan fingerprint density at radius 2 is 2.40 bits per heavy atom. The van der Waals surface area contributed by atoms with Crippen molar-refractivity contribution in [1.82, 2.24) is 25.8 Å². The van der Waals surface area contributed by atoms with Crippen molar-refractivity contribution in [2.75, 3.05) is 6.54 Å². The molecule has 20 heavy (non-hydrogen) atoms. The number of aliphatic carboxylic acids is 1. The summed E-state index contributed by atoms with van der Waals surface area (Å²) in [6, 6.07) is -0.672.